The van der Waals surface area contributed by atoms with Gasteiger partial charge >= 0.3 is 0 Å². The van der Waals surface area contributed by atoms with Gasteiger partial charge in [-0.05, 0) is 48.6 Å². The van der Waals surface area contributed by atoms with Gasteiger partial charge in [0.2, 0.25) is 5.91 Å². The standard InChI is InChI=1S/C23H31N3O2/c1-16(2)14-21(25-22(27)20-9-7-6-8-17(20)3)23(28)24-15-18-10-12-19(13-11-18)26(4)5/h6-13,16,21H,14-15H2,1-5H3,(H,24,28)(H,25,27)/t21-/m1/s1. The molecule has 0 aliphatic rings. The molecule has 2 aromatic carbocycles. The molecule has 0 spiro atoms. The van der Waals surface area contributed by atoms with Crippen LogP contribution in [0.1, 0.15) is 41.8 Å². The fourth-order valence-corrected chi connectivity index (χ4v) is 2.99. The molecule has 0 heterocycles. The third-order valence-electron chi connectivity index (χ3n) is 4.64. The highest BCUT2D eigenvalue weighted by Gasteiger charge is 2.23. The van der Waals surface area contributed by atoms with Gasteiger partial charge in [-0.1, -0.05) is 44.2 Å². The van der Waals surface area contributed by atoms with Crippen molar-refractivity contribution in [1.29, 1.82) is 0 Å². The molecule has 0 saturated heterocycles. The number of nitrogens with one attached hydrogen (secondary N) is 2. The minimum Gasteiger partial charge on any atom is -0.378 e. The van der Waals surface area contributed by atoms with Crippen molar-refractivity contribution in [3.8, 4) is 0 Å². The first-order chi connectivity index (χ1) is 13.3. The van der Waals surface area contributed by atoms with E-state index in [0.717, 1.165) is 16.8 Å². The maximum absolute atomic E-state index is 12.7. The fourth-order valence-electron chi connectivity index (χ4n) is 2.99. The molecule has 0 bridgehead atoms. The average Bonchev–Trinajstić information content (AvgIpc) is 2.65. The SMILES string of the molecule is Cc1ccccc1C(=O)N[C@H](CC(C)C)C(=O)NCc1ccc(N(C)C)cc1. The van der Waals surface area contributed by atoms with Gasteiger partial charge in [0.05, 0.1) is 0 Å². The first-order valence-corrected chi connectivity index (χ1v) is 9.68. The van der Waals surface area contributed by atoms with Crippen molar-refractivity contribution in [3.63, 3.8) is 0 Å². The molecule has 0 aromatic heterocycles. The summed E-state index contributed by atoms with van der Waals surface area (Å²) >= 11 is 0. The monoisotopic (exact) mass is 381 g/mol. The maximum atomic E-state index is 12.7. The van der Waals surface area contributed by atoms with E-state index < -0.39 is 6.04 Å². The zero-order chi connectivity index (χ0) is 20.7. The quantitative estimate of drug-likeness (QED) is 0.735. The lowest BCUT2D eigenvalue weighted by atomic mass is 10.0. The molecule has 2 rings (SSSR count). The van der Waals surface area contributed by atoms with Crippen LogP contribution in [0.25, 0.3) is 0 Å². The summed E-state index contributed by atoms with van der Waals surface area (Å²) in [4.78, 5) is 27.4. The number of benzene rings is 2. The van der Waals surface area contributed by atoms with Crippen LogP contribution in [-0.4, -0.2) is 32.0 Å². The van der Waals surface area contributed by atoms with Crippen LogP contribution in [0.4, 0.5) is 5.69 Å². The topological polar surface area (TPSA) is 61.4 Å². The van der Waals surface area contributed by atoms with Crippen LogP contribution in [0.3, 0.4) is 0 Å². The summed E-state index contributed by atoms with van der Waals surface area (Å²) in [5.41, 5.74) is 3.62. The number of nitrogens with zero attached hydrogens (tertiary/aromatic N) is 1. The van der Waals surface area contributed by atoms with Gasteiger partial charge in [0.15, 0.2) is 0 Å². The average molecular weight is 382 g/mol. The molecular formula is C23H31N3O2. The van der Waals surface area contributed by atoms with Gasteiger partial charge < -0.3 is 15.5 Å². The Kier molecular flexibility index (Phi) is 7.61. The number of aryl methyl sites for hydroxylation is 1. The molecule has 0 aliphatic carbocycles. The number of anilines is 1. The predicted octanol–water partition coefficient (Wildman–Crippen LogP) is 3.52. The van der Waals surface area contributed by atoms with Crippen LogP contribution in [0, 0.1) is 12.8 Å². The van der Waals surface area contributed by atoms with Crippen molar-refractivity contribution in [2.24, 2.45) is 5.92 Å². The molecule has 0 unspecified atom stereocenters. The highest BCUT2D eigenvalue weighted by molar-refractivity contribution is 5.98. The molecule has 2 aromatic rings. The molecule has 5 nitrogen and oxygen atoms in total. The molecule has 2 amide bonds. The largest absolute Gasteiger partial charge is 0.378 e. The van der Waals surface area contributed by atoms with Crippen LogP contribution in [0.2, 0.25) is 0 Å². The van der Waals surface area contributed by atoms with E-state index in [4.69, 9.17) is 0 Å². The Bertz CT molecular complexity index is 798. The van der Waals surface area contributed by atoms with E-state index in [1.807, 2.05) is 82.2 Å². The van der Waals surface area contributed by atoms with Gasteiger partial charge in [-0.25, -0.2) is 0 Å². The van der Waals surface area contributed by atoms with Gasteiger partial charge in [0.25, 0.3) is 5.91 Å². The number of rotatable bonds is 8. The van der Waals surface area contributed by atoms with Gasteiger partial charge in [-0.15, -0.1) is 0 Å². The maximum Gasteiger partial charge on any atom is 0.252 e. The summed E-state index contributed by atoms with van der Waals surface area (Å²) in [5, 5.41) is 5.87. The van der Waals surface area contributed by atoms with Crippen LogP contribution in [0.15, 0.2) is 48.5 Å². The van der Waals surface area contributed by atoms with Crippen molar-refractivity contribution in [2.75, 3.05) is 19.0 Å². The minimum atomic E-state index is -0.562. The van der Waals surface area contributed by atoms with E-state index in [2.05, 4.69) is 10.6 Å². The summed E-state index contributed by atoms with van der Waals surface area (Å²) in [6.45, 7) is 6.41. The van der Waals surface area contributed by atoms with Gasteiger partial charge in [0.1, 0.15) is 6.04 Å². The third-order valence-corrected chi connectivity index (χ3v) is 4.64. The van der Waals surface area contributed by atoms with E-state index in [0.29, 0.717) is 18.5 Å². The lowest BCUT2D eigenvalue weighted by Gasteiger charge is -2.21. The van der Waals surface area contributed by atoms with E-state index in [-0.39, 0.29) is 17.7 Å². The van der Waals surface area contributed by atoms with Crippen molar-refractivity contribution < 1.29 is 9.59 Å². The van der Waals surface area contributed by atoms with Crippen LogP contribution in [-0.2, 0) is 11.3 Å². The van der Waals surface area contributed by atoms with Crippen molar-refractivity contribution >= 4 is 17.5 Å². The minimum absolute atomic E-state index is 0.160. The first kappa shape index (κ1) is 21.5. The Morgan fingerprint density at radius 2 is 1.64 bits per heavy atom. The predicted molar refractivity (Wildman–Crippen MR) is 115 cm³/mol. The van der Waals surface area contributed by atoms with Crippen molar-refractivity contribution in [3.05, 3.63) is 65.2 Å². The zero-order valence-corrected chi connectivity index (χ0v) is 17.5. The number of hydrogen-bond donors (Lipinski definition) is 2. The summed E-state index contributed by atoms with van der Waals surface area (Å²) in [6.07, 6.45) is 0.586. The molecule has 0 radical (unpaired) electrons. The fraction of sp³-hybridized carbons (Fsp3) is 0.391. The Morgan fingerprint density at radius 3 is 2.21 bits per heavy atom. The Labute approximate surface area is 168 Å². The van der Waals surface area contributed by atoms with Crippen LogP contribution >= 0.6 is 0 Å². The molecule has 0 aliphatic heterocycles. The number of carbonyl (C=O) groups excluding carboxylic acids is 2. The summed E-state index contributed by atoms with van der Waals surface area (Å²) in [6, 6.07) is 14.9. The summed E-state index contributed by atoms with van der Waals surface area (Å²) in [5.74, 6) is -0.0890. The Hall–Kier alpha value is -2.82. The van der Waals surface area contributed by atoms with Gasteiger partial charge in [-0.3, -0.25) is 9.59 Å². The lowest BCUT2D eigenvalue weighted by molar-refractivity contribution is -0.123. The number of amides is 2. The van der Waals surface area contributed by atoms with E-state index in [1.165, 1.54) is 0 Å². The third kappa shape index (κ3) is 6.12. The first-order valence-electron chi connectivity index (χ1n) is 9.68. The second-order valence-electron chi connectivity index (χ2n) is 7.75. The molecule has 2 N–H and O–H groups in total. The van der Waals surface area contributed by atoms with Crippen molar-refractivity contribution in [1.82, 2.24) is 10.6 Å². The Balaban J connectivity index is 2.02. The smallest absolute Gasteiger partial charge is 0.252 e. The molecule has 0 saturated carbocycles. The number of hydrogen-bond acceptors (Lipinski definition) is 3. The number of carbonyl (C=O) groups is 2. The Morgan fingerprint density at radius 1 is 1.00 bits per heavy atom. The van der Waals surface area contributed by atoms with E-state index in [1.54, 1.807) is 6.07 Å². The zero-order valence-electron chi connectivity index (χ0n) is 17.5. The van der Waals surface area contributed by atoms with E-state index in [9.17, 15) is 9.59 Å². The van der Waals surface area contributed by atoms with Gasteiger partial charge in [0, 0.05) is 31.9 Å². The molecular weight excluding hydrogens is 350 g/mol. The second kappa shape index (κ2) is 9.93. The second-order valence-corrected chi connectivity index (χ2v) is 7.75. The lowest BCUT2D eigenvalue weighted by Crippen LogP contribution is -2.47. The van der Waals surface area contributed by atoms with E-state index >= 15 is 0 Å². The molecule has 5 heteroatoms. The summed E-state index contributed by atoms with van der Waals surface area (Å²) < 4.78 is 0. The highest BCUT2D eigenvalue weighted by Crippen LogP contribution is 2.13. The van der Waals surface area contributed by atoms with Gasteiger partial charge in [-0.2, -0.15) is 0 Å². The normalized spacial score (nSPS) is 11.8. The molecule has 150 valence electrons. The summed E-state index contributed by atoms with van der Waals surface area (Å²) in [7, 11) is 3.98. The highest BCUT2D eigenvalue weighted by atomic mass is 16.2. The molecule has 1 atom stereocenters. The van der Waals surface area contributed by atoms with Crippen LogP contribution in [0.5, 0.6) is 0 Å². The van der Waals surface area contributed by atoms with Crippen LogP contribution < -0.4 is 15.5 Å². The molecule has 0 fully saturated rings. The van der Waals surface area contributed by atoms with Crippen molar-refractivity contribution in [2.45, 2.75) is 39.8 Å². The molecule has 28 heavy (non-hydrogen) atoms.